The van der Waals surface area contributed by atoms with Gasteiger partial charge in [0.05, 0.1) is 0 Å². The summed E-state index contributed by atoms with van der Waals surface area (Å²) in [7, 11) is 0. The maximum atomic E-state index is 11.8. The number of nitrogens with one attached hydrogen (secondary N) is 1. The Hall–Kier alpha value is -0.240. The summed E-state index contributed by atoms with van der Waals surface area (Å²) in [6.45, 7) is 11.1. The first kappa shape index (κ1) is 15.8. The van der Waals surface area contributed by atoms with Crippen LogP contribution in [0.4, 0.5) is 0 Å². The van der Waals surface area contributed by atoms with Gasteiger partial charge in [-0.15, -0.1) is 11.6 Å². The number of halogens is 1. The molecule has 1 N–H and O–H groups in total. The number of carbonyl (C=O) groups excluding carboxylic acids is 1. The predicted octanol–water partition coefficient (Wildman–Crippen LogP) is 3.44. The van der Waals surface area contributed by atoms with Gasteiger partial charge >= 0.3 is 0 Å². The van der Waals surface area contributed by atoms with Crippen LogP contribution in [0.2, 0.25) is 0 Å². The van der Waals surface area contributed by atoms with Crippen LogP contribution in [0.25, 0.3) is 0 Å². The molecule has 0 saturated carbocycles. The normalized spacial score (nSPS) is 13.9. The Bertz CT molecular complexity index is 204. The van der Waals surface area contributed by atoms with E-state index in [0.717, 1.165) is 12.8 Å². The molecule has 0 aliphatic heterocycles. The lowest BCUT2D eigenvalue weighted by molar-refractivity contribution is -0.126. The molecule has 0 aliphatic carbocycles. The monoisotopic (exact) mass is 247 g/mol. The summed E-state index contributed by atoms with van der Waals surface area (Å²) in [6.07, 6.45) is 2.01. The van der Waals surface area contributed by atoms with Gasteiger partial charge in [0.25, 0.3) is 0 Å². The van der Waals surface area contributed by atoms with E-state index < -0.39 is 0 Å². The van der Waals surface area contributed by atoms with Crippen LogP contribution in [-0.4, -0.2) is 18.3 Å². The Morgan fingerprint density at radius 3 is 2.06 bits per heavy atom. The number of hydrogen-bond donors (Lipinski definition) is 1. The van der Waals surface area contributed by atoms with Crippen LogP contribution >= 0.6 is 11.6 Å². The van der Waals surface area contributed by atoms with E-state index in [2.05, 4.69) is 33.0 Å². The van der Waals surface area contributed by atoms with E-state index in [1.807, 2.05) is 6.92 Å². The zero-order valence-corrected chi connectivity index (χ0v) is 12.0. The van der Waals surface area contributed by atoms with Gasteiger partial charge in [-0.05, 0) is 18.8 Å². The van der Waals surface area contributed by atoms with E-state index in [1.165, 1.54) is 0 Å². The van der Waals surface area contributed by atoms with Gasteiger partial charge in [-0.2, -0.15) is 0 Å². The minimum Gasteiger partial charge on any atom is -0.355 e. The summed E-state index contributed by atoms with van der Waals surface area (Å²) in [5.74, 6) is 1.21. The predicted molar refractivity (Wildman–Crippen MR) is 70.7 cm³/mol. The van der Waals surface area contributed by atoms with Gasteiger partial charge in [-0.25, -0.2) is 0 Å². The summed E-state index contributed by atoms with van der Waals surface area (Å²) in [4.78, 5) is 11.8. The quantitative estimate of drug-likeness (QED) is 0.686. The largest absolute Gasteiger partial charge is 0.355 e. The standard InChI is InChI=1S/C13H26ClNO/c1-6-13(7-2,8-14)9-15-12(16)11(5)10(3)4/h10-11H,6-9H2,1-5H3,(H,15,16). The molecular formula is C13H26ClNO. The summed E-state index contributed by atoms with van der Waals surface area (Å²) < 4.78 is 0. The Labute approximate surface area is 105 Å². The van der Waals surface area contributed by atoms with Crippen LogP contribution in [0.1, 0.15) is 47.5 Å². The highest BCUT2D eigenvalue weighted by molar-refractivity contribution is 6.18. The first-order chi connectivity index (χ1) is 7.42. The van der Waals surface area contributed by atoms with Crippen molar-refractivity contribution in [1.29, 1.82) is 0 Å². The molecule has 0 aliphatic rings. The zero-order valence-electron chi connectivity index (χ0n) is 11.3. The van der Waals surface area contributed by atoms with E-state index in [4.69, 9.17) is 11.6 Å². The van der Waals surface area contributed by atoms with Crippen molar-refractivity contribution in [3.8, 4) is 0 Å². The van der Waals surface area contributed by atoms with E-state index in [1.54, 1.807) is 0 Å². The van der Waals surface area contributed by atoms with Crippen molar-refractivity contribution in [2.45, 2.75) is 47.5 Å². The molecule has 0 heterocycles. The lowest BCUT2D eigenvalue weighted by Crippen LogP contribution is -2.41. The molecule has 0 aromatic heterocycles. The summed E-state index contributed by atoms with van der Waals surface area (Å²) in [5, 5.41) is 3.03. The first-order valence-electron chi connectivity index (χ1n) is 6.26. The van der Waals surface area contributed by atoms with Crippen molar-refractivity contribution >= 4 is 17.5 Å². The lowest BCUT2D eigenvalue weighted by atomic mass is 9.84. The van der Waals surface area contributed by atoms with Crippen LogP contribution in [0, 0.1) is 17.3 Å². The molecule has 96 valence electrons. The van der Waals surface area contributed by atoms with Crippen LogP contribution in [0.5, 0.6) is 0 Å². The smallest absolute Gasteiger partial charge is 0.223 e. The van der Waals surface area contributed by atoms with Gasteiger partial charge in [-0.1, -0.05) is 34.6 Å². The fourth-order valence-electron chi connectivity index (χ4n) is 1.47. The Morgan fingerprint density at radius 2 is 1.75 bits per heavy atom. The Morgan fingerprint density at radius 1 is 1.25 bits per heavy atom. The van der Waals surface area contributed by atoms with Gasteiger partial charge in [-0.3, -0.25) is 4.79 Å². The first-order valence-corrected chi connectivity index (χ1v) is 6.79. The number of rotatable bonds is 7. The maximum absolute atomic E-state index is 11.8. The van der Waals surface area contributed by atoms with Gasteiger partial charge < -0.3 is 5.32 Å². The molecule has 1 amide bonds. The third kappa shape index (κ3) is 4.32. The molecular weight excluding hydrogens is 222 g/mol. The zero-order chi connectivity index (χ0) is 12.8. The lowest BCUT2D eigenvalue weighted by Gasteiger charge is -2.30. The average Bonchev–Trinajstić information content (AvgIpc) is 2.30. The molecule has 1 unspecified atom stereocenters. The van der Waals surface area contributed by atoms with Crippen molar-refractivity contribution in [2.75, 3.05) is 12.4 Å². The van der Waals surface area contributed by atoms with E-state index >= 15 is 0 Å². The topological polar surface area (TPSA) is 29.1 Å². The minimum atomic E-state index is 0.0634. The molecule has 1 atom stereocenters. The highest BCUT2D eigenvalue weighted by atomic mass is 35.5. The SMILES string of the molecule is CCC(CC)(CCl)CNC(=O)C(C)C(C)C. The third-order valence-corrected chi connectivity index (χ3v) is 4.40. The summed E-state index contributed by atoms with van der Waals surface area (Å²) >= 11 is 6.00. The summed E-state index contributed by atoms with van der Waals surface area (Å²) in [5.41, 5.74) is 0.0634. The average molecular weight is 248 g/mol. The molecule has 0 fully saturated rings. The van der Waals surface area contributed by atoms with Gasteiger partial charge in [0.2, 0.25) is 5.91 Å². The van der Waals surface area contributed by atoms with E-state index in [-0.39, 0.29) is 17.2 Å². The Kier molecular flexibility index (Phi) is 7.05. The molecule has 2 nitrogen and oxygen atoms in total. The highest BCUT2D eigenvalue weighted by Crippen LogP contribution is 2.27. The van der Waals surface area contributed by atoms with Crippen LogP contribution in [-0.2, 0) is 4.79 Å². The molecule has 16 heavy (non-hydrogen) atoms. The van der Waals surface area contributed by atoms with Gasteiger partial charge in [0.1, 0.15) is 0 Å². The van der Waals surface area contributed by atoms with Gasteiger partial charge in [0.15, 0.2) is 0 Å². The van der Waals surface area contributed by atoms with Crippen molar-refractivity contribution in [2.24, 2.45) is 17.3 Å². The fourth-order valence-corrected chi connectivity index (χ4v) is 1.95. The van der Waals surface area contributed by atoms with Crippen LogP contribution in [0.3, 0.4) is 0 Å². The van der Waals surface area contributed by atoms with Crippen molar-refractivity contribution in [3.63, 3.8) is 0 Å². The minimum absolute atomic E-state index is 0.0634. The van der Waals surface area contributed by atoms with Crippen LogP contribution < -0.4 is 5.32 Å². The number of amides is 1. The second-order valence-electron chi connectivity index (χ2n) is 5.09. The maximum Gasteiger partial charge on any atom is 0.223 e. The van der Waals surface area contributed by atoms with Crippen molar-refractivity contribution in [3.05, 3.63) is 0 Å². The molecule has 0 radical (unpaired) electrons. The number of carbonyl (C=O) groups is 1. The third-order valence-electron chi connectivity index (χ3n) is 3.83. The molecule has 0 aromatic carbocycles. The fraction of sp³-hybridized carbons (Fsp3) is 0.923. The molecule has 0 aromatic rings. The highest BCUT2D eigenvalue weighted by Gasteiger charge is 2.27. The van der Waals surface area contributed by atoms with Crippen molar-refractivity contribution < 1.29 is 4.79 Å². The van der Waals surface area contributed by atoms with Gasteiger partial charge in [0, 0.05) is 23.8 Å². The van der Waals surface area contributed by atoms with E-state index in [0.29, 0.717) is 18.3 Å². The molecule has 0 rings (SSSR count). The second-order valence-corrected chi connectivity index (χ2v) is 5.36. The van der Waals surface area contributed by atoms with E-state index in [9.17, 15) is 4.79 Å². The molecule has 0 bridgehead atoms. The molecule has 3 heteroatoms. The molecule has 0 spiro atoms. The number of alkyl halides is 1. The molecule has 0 saturated heterocycles. The van der Waals surface area contributed by atoms with Crippen molar-refractivity contribution in [1.82, 2.24) is 5.32 Å². The van der Waals surface area contributed by atoms with Crippen LogP contribution in [0.15, 0.2) is 0 Å². The summed E-state index contributed by atoms with van der Waals surface area (Å²) in [6, 6.07) is 0. The Balaban J connectivity index is 4.26. The number of hydrogen-bond acceptors (Lipinski definition) is 1. The second kappa shape index (κ2) is 7.16.